The summed E-state index contributed by atoms with van der Waals surface area (Å²) in [5, 5.41) is 3.53. The molecule has 96 valence electrons. The molecule has 0 aliphatic carbocycles. The van der Waals surface area contributed by atoms with Gasteiger partial charge in [0.25, 0.3) is 0 Å². The van der Waals surface area contributed by atoms with Gasteiger partial charge in [-0.25, -0.2) is 4.39 Å². The molecule has 2 N–H and O–H groups in total. The van der Waals surface area contributed by atoms with E-state index in [-0.39, 0.29) is 23.7 Å². The predicted molar refractivity (Wildman–Crippen MR) is 63.6 cm³/mol. The third-order valence-electron chi connectivity index (χ3n) is 2.48. The van der Waals surface area contributed by atoms with Crippen LogP contribution in [-0.4, -0.2) is 19.4 Å². The molecular formula is C12H13FN2O3. The van der Waals surface area contributed by atoms with Crippen LogP contribution in [0.2, 0.25) is 0 Å². The molecule has 1 aromatic heterocycles. The SMILES string of the molecule is COCc1ccc(OC)c(-c2cc(N)no2)c1F. The molecule has 1 aromatic carbocycles. The van der Waals surface area contributed by atoms with Crippen LogP contribution >= 0.6 is 0 Å². The molecule has 0 saturated carbocycles. The van der Waals surface area contributed by atoms with Crippen molar-refractivity contribution in [3.05, 3.63) is 29.6 Å². The topological polar surface area (TPSA) is 70.5 Å². The molecule has 0 fully saturated rings. The Labute approximate surface area is 103 Å². The van der Waals surface area contributed by atoms with Gasteiger partial charge < -0.3 is 19.7 Å². The van der Waals surface area contributed by atoms with E-state index in [0.717, 1.165) is 0 Å². The number of halogens is 1. The van der Waals surface area contributed by atoms with Crippen molar-refractivity contribution in [2.75, 3.05) is 20.0 Å². The molecule has 0 atom stereocenters. The zero-order chi connectivity index (χ0) is 13.1. The summed E-state index contributed by atoms with van der Waals surface area (Å²) in [6.07, 6.45) is 0. The second kappa shape index (κ2) is 5.05. The van der Waals surface area contributed by atoms with E-state index in [0.29, 0.717) is 11.3 Å². The van der Waals surface area contributed by atoms with E-state index in [1.807, 2.05) is 0 Å². The number of methoxy groups -OCH3 is 2. The van der Waals surface area contributed by atoms with Gasteiger partial charge in [0, 0.05) is 18.7 Å². The maximum absolute atomic E-state index is 14.3. The van der Waals surface area contributed by atoms with Crippen molar-refractivity contribution < 1.29 is 18.4 Å². The fraction of sp³-hybridized carbons (Fsp3) is 0.250. The average molecular weight is 252 g/mol. The van der Waals surface area contributed by atoms with Gasteiger partial charge in [-0.2, -0.15) is 0 Å². The number of benzene rings is 1. The van der Waals surface area contributed by atoms with Crippen LogP contribution in [0.1, 0.15) is 5.56 Å². The highest BCUT2D eigenvalue weighted by atomic mass is 19.1. The van der Waals surface area contributed by atoms with Crippen molar-refractivity contribution in [2.45, 2.75) is 6.61 Å². The van der Waals surface area contributed by atoms with E-state index in [4.69, 9.17) is 19.7 Å². The lowest BCUT2D eigenvalue weighted by Gasteiger charge is -2.10. The lowest BCUT2D eigenvalue weighted by atomic mass is 10.1. The highest BCUT2D eigenvalue weighted by Gasteiger charge is 2.19. The maximum Gasteiger partial charge on any atom is 0.175 e. The summed E-state index contributed by atoms with van der Waals surface area (Å²) >= 11 is 0. The largest absolute Gasteiger partial charge is 0.496 e. The minimum absolute atomic E-state index is 0.159. The van der Waals surface area contributed by atoms with Crippen molar-refractivity contribution in [1.29, 1.82) is 0 Å². The fourth-order valence-corrected chi connectivity index (χ4v) is 1.67. The predicted octanol–water partition coefficient (Wildman–Crippen LogP) is 2.22. The Morgan fingerprint density at radius 1 is 1.39 bits per heavy atom. The number of hydrogen-bond donors (Lipinski definition) is 1. The number of nitrogens with two attached hydrogens (primary N) is 1. The first kappa shape index (κ1) is 12.4. The molecule has 2 aromatic rings. The highest BCUT2D eigenvalue weighted by Crippen LogP contribution is 2.35. The second-order valence-electron chi connectivity index (χ2n) is 3.66. The third-order valence-corrected chi connectivity index (χ3v) is 2.48. The molecule has 0 spiro atoms. The Bertz CT molecular complexity index is 554. The van der Waals surface area contributed by atoms with Gasteiger partial charge in [0.15, 0.2) is 11.6 Å². The molecule has 0 amide bonds. The normalized spacial score (nSPS) is 10.6. The first-order valence-corrected chi connectivity index (χ1v) is 5.24. The number of anilines is 1. The Balaban J connectivity index is 2.58. The minimum Gasteiger partial charge on any atom is -0.496 e. The van der Waals surface area contributed by atoms with Crippen LogP contribution in [0.5, 0.6) is 5.75 Å². The molecule has 0 aliphatic rings. The third kappa shape index (κ3) is 2.14. The summed E-state index contributed by atoms with van der Waals surface area (Å²) in [5.41, 5.74) is 6.06. The maximum atomic E-state index is 14.3. The van der Waals surface area contributed by atoms with E-state index in [2.05, 4.69) is 5.16 Å². The summed E-state index contributed by atoms with van der Waals surface area (Å²) in [6.45, 7) is 0.159. The van der Waals surface area contributed by atoms with Crippen LogP contribution in [-0.2, 0) is 11.3 Å². The van der Waals surface area contributed by atoms with Crippen molar-refractivity contribution in [1.82, 2.24) is 5.16 Å². The Morgan fingerprint density at radius 3 is 2.72 bits per heavy atom. The Hall–Kier alpha value is -2.08. The number of nitrogen functional groups attached to an aromatic ring is 1. The summed E-state index contributed by atoms with van der Waals surface area (Å²) in [4.78, 5) is 0. The first-order chi connectivity index (χ1) is 8.67. The van der Waals surface area contributed by atoms with Crippen LogP contribution < -0.4 is 10.5 Å². The minimum atomic E-state index is -0.465. The molecule has 0 unspecified atom stereocenters. The lowest BCUT2D eigenvalue weighted by Crippen LogP contribution is -1.98. The fourth-order valence-electron chi connectivity index (χ4n) is 1.67. The quantitative estimate of drug-likeness (QED) is 0.903. The number of ether oxygens (including phenoxy) is 2. The molecule has 5 nitrogen and oxygen atoms in total. The lowest BCUT2D eigenvalue weighted by molar-refractivity contribution is 0.181. The van der Waals surface area contributed by atoms with Gasteiger partial charge in [-0.3, -0.25) is 0 Å². The van der Waals surface area contributed by atoms with Crippen LogP contribution in [0, 0.1) is 5.82 Å². The highest BCUT2D eigenvalue weighted by molar-refractivity contribution is 5.69. The van der Waals surface area contributed by atoms with E-state index in [1.54, 1.807) is 12.1 Å². The summed E-state index contributed by atoms with van der Waals surface area (Å²) < 4.78 is 29.3. The van der Waals surface area contributed by atoms with Crippen molar-refractivity contribution in [2.24, 2.45) is 0 Å². The second-order valence-corrected chi connectivity index (χ2v) is 3.66. The van der Waals surface area contributed by atoms with Crippen molar-refractivity contribution >= 4 is 5.82 Å². The molecule has 2 rings (SSSR count). The van der Waals surface area contributed by atoms with Gasteiger partial charge in [-0.05, 0) is 6.07 Å². The smallest absolute Gasteiger partial charge is 0.175 e. The summed E-state index contributed by atoms with van der Waals surface area (Å²) in [5.74, 6) is 0.291. The van der Waals surface area contributed by atoms with E-state index >= 15 is 0 Å². The van der Waals surface area contributed by atoms with Gasteiger partial charge in [-0.1, -0.05) is 11.2 Å². The van der Waals surface area contributed by atoms with Gasteiger partial charge in [0.2, 0.25) is 0 Å². The van der Waals surface area contributed by atoms with E-state index in [9.17, 15) is 4.39 Å². The molecule has 0 saturated heterocycles. The van der Waals surface area contributed by atoms with Crippen LogP contribution in [0.3, 0.4) is 0 Å². The number of rotatable bonds is 4. The molecule has 6 heteroatoms. The first-order valence-electron chi connectivity index (χ1n) is 5.24. The molecule has 0 radical (unpaired) electrons. The zero-order valence-electron chi connectivity index (χ0n) is 10.1. The van der Waals surface area contributed by atoms with Crippen molar-refractivity contribution in [3.8, 4) is 17.1 Å². The zero-order valence-corrected chi connectivity index (χ0v) is 10.1. The van der Waals surface area contributed by atoms with Crippen LogP contribution in [0.15, 0.2) is 22.7 Å². The van der Waals surface area contributed by atoms with Gasteiger partial charge >= 0.3 is 0 Å². The van der Waals surface area contributed by atoms with Gasteiger partial charge in [0.05, 0.1) is 19.3 Å². The molecule has 0 aliphatic heterocycles. The molecular weight excluding hydrogens is 239 g/mol. The standard InChI is InChI=1S/C12H13FN2O3/c1-16-6-7-3-4-8(17-2)11(12(7)13)9-5-10(14)15-18-9/h3-5H,6H2,1-2H3,(H2,14,15). The molecule has 0 bridgehead atoms. The van der Waals surface area contributed by atoms with Crippen LogP contribution in [0.25, 0.3) is 11.3 Å². The monoisotopic (exact) mass is 252 g/mol. The Morgan fingerprint density at radius 2 is 2.17 bits per heavy atom. The summed E-state index contributed by atoms with van der Waals surface area (Å²) in [7, 11) is 2.95. The number of aromatic nitrogens is 1. The average Bonchev–Trinajstić information content (AvgIpc) is 2.78. The number of hydrogen-bond acceptors (Lipinski definition) is 5. The summed E-state index contributed by atoms with van der Waals surface area (Å²) in [6, 6.07) is 4.68. The number of nitrogens with zero attached hydrogens (tertiary/aromatic N) is 1. The van der Waals surface area contributed by atoms with Gasteiger partial charge in [0.1, 0.15) is 11.6 Å². The Kier molecular flexibility index (Phi) is 3.47. The van der Waals surface area contributed by atoms with Crippen LogP contribution in [0.4, 0.5) is 10.2 Å². The van der Waals surface area contributed by atoms with E-state index in [1.165, 1.54) is 20.3 Å². The van der Waals surface area contributed by atoms with Gasteiger partial charge in [-0.15, -0.1) is 0 Å². The molecule has 1 heterocycles. The van der Waals surface area contributed by atoms with Crippen molar-refractivity contribution in [3.63, 3.8) is 0 Å². The molecule has 18 heavy (non-hydrogen) atoms. The van der Waals surface area contributed by atoms with E-state index < -0.39 is 5.82 Å².